The van der Waals surface area contributed by atoms with Gasteiger partial charge in [0.2, 0.25) is 0 Å². The molecule has 24 heavy (non-hydrogen) atoms. The van der Waals surface area contributed by atoms with E-state index in [1.165, 1.54) is 0 Å². The average Bonchev–Trinajstić information content (AvgIpc) is 2.59. The van der Waals surface area contributed by atoms with Crippen LogP contribution in [0.15, 0.2) is 61.7 Å². The summed E-state index contributed by atoms with van der Waals surface area (Å²) in [6, 6.07) is 10.1. The Balaban J connectivity index is 2.48. The molecule has 2 rings (SSSR count). The van der Waals surface area contributed by atoms with Gasteiger partial charge in [-0.1, -0.05) is 54.6 Å². The van der Waals surface area contributed by atoms with Gasteiger partial charge in [-0.25, -0.2) is 0 Å². The number of nitrogens with zero attached hydrogens (tertiary/aromatic N) is 3. The zero-order valence-corrected chi connectivity index (χ0v) is 15.7. The Kier molecular flexibility index (Phi) is 6.78. The minimum absolute atomic E-state index is 0.548. The fourth-order valence-electron chi connectivity index (χ4n) is 2.27. The molecule has 2 aromatic rings. The van der Waals surface area contributed by atoms with Crippen molar-refractivity contribution in [1.29, 1.82) is 0 Å². The smallest absolute Gasteiger partial charge is 0.184 e. The van der Waals surface area contributed by atoms with E-state index < -0.39 is 0 Å². The Labute approximate surface area is 157 Å². The molecular formula is C18H19N3S3. The zero-order valence-electron chi connectivity index (χ0n) is 13.3. The molecule has 0 aliphatic heterocycles. The van der Waals surface area contributed by atoms with Gasteiger partial charge in [-0.15, -0.1) is 13.2 Å². The fourth-order valence-corrected chi connectivity index (χ4v) is 3.41. The lowest BCUT2D eigenvalue weighted by molar-refractivity contribution is 0.553. The van der Waals surface area contributed by atoms with Crippen LogP contribution in [0.2, 0.25) is 0 Å². The molecule has 0 radical (unpaired) electrons. The second-order valence-electron chi connectivity index (χ2n) is 5.07. The maximum absolute atomic E-state index is 5.58. The Morgan fingerprint density at radius 1 is 0.750 bits per heavy atom. The van der Waals surface area contributed by atoms with Gasteiger partial charge in [0.1, 0.15) is 0 Å². The van der Waals surface area contributed by atoms with Crippen LogP contribution in [-0.4, -0.2) is 13.7 Å². The first kappa shape index (κ1) is 18.4. The van der Waals surface area contributed by atoms with Crippen molar-refractivity contribution in [3.05, 3.63) is 81.6 Å². The first-order valence-electron chi connectivity index (χ1n) is 7.48. The summed E-state index contributed by atoms with van der Waals surface area (Å²) in [5.41, 5.74) is 1.13. The van der Waals surface area contributed by atoms with Crippen molar-refractivity contribution >= 4 is 42.7 Å². The van der Waals surface area contributed by atoms with Crippen molar-refractivity contribution in [2.75, 3.05) is 0 Å². The van der Waals surface area contributed by atoms with Crippen LogP contribution in [-0.2, 0) is 19.6 Å². The summed E-state index contributed by atoms with van der Waals surface area (Å²) in [5, 5.41) is 0. The molecule has 1 aromatic heterocycles. The molecule has 1 aromatic carbocycles. The second-order valence-corrected chi connectivity index (χ2v) is 6.17. The van der Waals surface area contributed by atoms with E-state index in [9.17, 15) is 0 Å². The predicted molar refractivity (Wildman–Crippen MR) is 109 cm³/mol. The lowest BCUT2D eigenvalue weighted by Gasteiger charge is -2.16. The standard InChI is InChI=1S/C18H19N3S3/c1-3-12-19-16(22)20(13-4-2)18(24)21(17(19)23)14-8-11-15-9-6-5-7-10-15/h3-11H,1-2,12-14H2/b11-8+. The van der Waals surface area contributed by atoms with E-state index in [4.69, 9.17) is 36.7 Å². The number of benzene rings is 1. The number of hydrogen-bond acceptors (Lipinski definition) is 3. The van der Waals surface area contributed by atoms with Gasteiger partial charge in [-0.2, -0.15) is 0 Å². The monoisotopic (exact) mass is 373 g/mol. The van der Waals surface area contributed by atoms with Crippen LogP contribution in [0.1, 0.15) is 5.56 Å². The van der Waals surface area contributed by atoms with E-state index in [1.807, 2.05) is 56.2 Å². The molecule has 124 valence electrons. The van der Waals surface area contributed by atoms with Crippen LogP contribution >= 0.6 is 36.7 Å². The highest BCUT2D eigenvalue weighted by atomic mass is 32.1. The molecule has 0 saturated heterocycles. The van der Waals surface area contributed by atoms with Crippen LogP contribution in [0, 0.1) is 14.3 Å². The molecule has 3 nitrogen and oxygen atoms in total. The molecule has 0 atom stereocenters. The van der Waals surface area contributed by atoms with E-state index in [-0.39, 0.29) is 0 Å². The Morgan fingerprint density at radius 2 is 1.21 bits per heavy atom. The third kappa shape index (κ3) is 4.14. The molecule has 0 fully saturated rings. The summed E-state index contributed by atoms with van der Waals surface area (Å²) in [4.78, 5) is 0. The van der Waals surface area contributed by atoms with E-state index >= 15 is 0 Å². The summed E-state index contributed by atoms with van der Waals surface area (Å²) in [6.45, 7) is 9.23. The van der Waals surface area contributed by atoms with E-state index in [0.29, 0.717) is 33.9 Å². The van der Waals surface area contributed by atoms with Gasteiger partial charge >= 0.3 is 0 Å². The van der Waals surface area contributed by atoms with E-state index in [1.54, 1.807) is 12.2 Å². The van der Waals surface area contributed by atoms with Crippen molar-refractivity contribution in [1.82, 2.24) is 13.7 Å². The Morgan fingerprint density at radius 3 is 1.67 bits per heavy atom. The van der Waals surface area contributed by atoms with Crippen LogP contribution in [0.25, 0.3) is 6.08 Å². The SMILES string of the molecule is C=CCn1c(=S)n(CC=C)c(=S)n(C/C=C/c2ccccc2)c1=S. The van der Waals surface area contributed by atoms with Crippen LogP contribution in [0.3, 0.4) is 0 Å². The number of rotatable bonds is 7. The lowest BCUT2D eigenvalue weighted by Crippen LogP contribution is -2.19. The van der Waals surface area contributed by atoms with E-state index in [2.05, 4.69) is 13.2 Å². The molecule has 0 unspecified atom stereocenters. The third-order valence-corrected chi connectivity index (χ3v) is 4.73. The maximum Gasteiger partial charge on any atom is 0.184 e. The second kappa shape index (κ2) is 8.82. The quantitative estimate of drug-likeness (QED) is 0.479. The highest BCUT2D eigenvalue weighted by molar-refractivity contribution is 7.72. The largest absolute Gasteiger partial charge is 0.291 e. The molecule has 6 heteroatoms. The minimum atomic E-state index is 0.548. The highest BCUT2D eigenvalue weighted by Gasteiger charge is 2.06. The van der Waals surface area contributed by atoms with Crippen LogP contribution in [0.4, 0.5) is 0 Å². The Hall–Kier alpha value is -1.89. The van der Waals surface area contributed by atoms with Gasteiger partial charge in [-0.3, -0.25) is 13.7 Å². The maximum atomic E-state index is 5.58. The van der Waals surface area contributed by atoms with Gasteiger partial charge in [0.25, 0.3) is 0 Å². The Bertz CT molecular complexity index is 882. The van der Waals surface area contributed by atoms with Gasteiger partial charge in [0.15, 0.2) is 14.3 Å². The average molecular weight is 374 g/mol. The van der Waals surface area contributed by atoms with Gasteiger partial charge in [0.05, 0.1) is 0 Å². The first-order valence-corrected chi connectivity index (χ1v) is 8.70. The minimum Gasteiger partial charge on any atom is -0.291 e. The summed E-state index contributed by atoms with van der Waals surface area (Å²) in [5.74, 6) is 0. The molecule has 0 spiro atoms. The van der Waals surface area contributed by atoms with Crippen molar-refractivity contribution in [2.45, 2.75) is 19.6 Å². The fraction of sp³-hybridized carbons (Fsp3) is 0.167. The van der Waals surface area contributed by atoms with Gasteiger partial charge in [0, 0.05) is 19.6 Å². The molecular weight excluding hydrogens is 354 g/mol. The van der Waals surface area contributed by atoms with Gasteiger partial charge in [-0.05, 0) is 42.2 Å². The zero-order chi connectivity index (χ0) is 17.5. The third-order valence-electron chi connectivity index (χ3n) is 3.41. The molecule has 0 aliphatic carbocycles. The molecule has 0 amide bonds. The summed E-state index contributed by atoms with van der Waals surface area (Å²) in [6.07, 6.45) is 7.64. The van der Waals surface area contributed by atoms with Crippen molar-refractivity contribution in [3.63, 3.8) is 0 Å². The summed E-state index contributed by atoms with van der Waals surface area (Å²) < 4.78 is 7.40. The summed E-state index contributed by atoms with van der Waals surface area (Å²) in [7, 11) is 0. The van der Waals surface area contributed by atoms with E-state index in [0.717, 1.165) is 5.56 Å². The van der Waals surface area contributed by atoms with Crippen molar-refractivity contribution in [2.24, 2.45) is 0 Å². The molecule has 1 heterocycles. The highest BCUT2D eigenvalue weighted by Crippen LogP contribution is 2.07. The van der Waals surface area contributed by atoms with Crippen molar-refractivity contribution < 1.29 is 0 Å². The van der Waals surface area contributed by atoms with Crippen LogP contribution < -0.4 is 0 Å². The van der Waals surface area contributed by atoms with Crippen molar-refractivity contribution in [3.8, 4) is 0 Å². The molecule has 0 bridgehead atoms. The molecule has 0 N–H and O–H groups in total. The molecule has 0 aliphatic rings. The number of allylic oxidation sites excluding steroid dienone is 3. The molecule has 0 saturated carbocycles. The predicted octanol–water partition coefficient (Wildman–Crippen LogP) is 5.36. The summed E-state index contributed by atoms with van der Waals surface area (Å²) >= 11 is 16.7. The first-order chi connectivity index (χ1) is 11.6. The van der Waals surface area contributed by atoms with Crippen LogP contribution in [0.5, 0.6) is 0 Å². The number of hydrogen-bond donors (Lipinski definition) is 0. The normalized spacial score (nSPS) is 10.8. The lowest BCUT2D eigenvalue weighted by atomic mass is 10.2. The van der Waals surface area contributed by atoms with Gasteiger partial charge < -0.3 is 0 Å². The number of aromatic nitrogens is 3. The topological polar surface area (TPSA) is 14.8 Å².